The van der Waals surface area contributed by atoms with E-state index in [1.807, 2.05) is 45.0 Å². The van der Waals surface area contributed by atoms with E-state index < -0.39 is 0 Å². The molecule has 0 aliphatic carbocycles. The summed E-state index contributed by atoms with van der Waals surface area (Å²) >= 11 is 1.51. The van der Waals surface area contributed by atoms with Gasteiger partial charge in [0.1, 0.15) is 0 Å². The first-order valence-corrected chi connectivity index (χ1v) is 6.33. The zero-order valence-corrected chi connectivity index (χ0v) is 11.0. The molecular weight excluding hydrogens is 230 g/mol. The molecule has 1 heterocycles. The van der Waals surface area contributed by atoms with Gasteiger partial charge in [-0.15, -0.1) is 11.3 Å². The fourth-order valence-corrected chi connectivity index (χ4v) is 2.46. The molecule has 0 saturated carbocycles. The molecule has 0 spiro atoms. The van der Waals surface area contributed by atoms with Crippen molar-refractivity contribution in [2.75, 3.05) is 5.32 Å². The van der Waals surface area contributed by atoms with Crippen LogP contribution < -0.4 is 5.32 Å². The Balaban J connectivity index is 2.18. The third kappa shape index (κ3) is 2.74. The van der Waals surface area contributed by atoms with E-state index in [1.165, 1.54) is 16.9 Å². The Kier molecular flexibility index (Phi) is 3.29. The van der Waals surface area contributed by atoms with Crippen molar-refractivity contribution in [1.82, 2.24) is 0 Å². The van der Waals surface area contributed by atoms with Crippen LogP contribution in [0.4, 0.5) is 5.69 Å². The van der Waals surface area contributed by atoms with Crippen LogP contribution in [0.15, 0.2) is 30.3 Å². The number of benzene rings is 1. The largest absolute Gasteiger partial charge is 0.321 e. The van der Waals surface area contributed by atoms with Crippen LogP contribution in [0.3, 0.4) is 0 Å². The lowest BCUT2D eigenvalue weighted by molar-refractivity contribution is 0.103. The van der Waals surface area contributed by atoms with Gasteiger partial charge in [0, 0.05) is 10.6 Å². The summed E-state index contributed by atoms with van der Waals surface area (Å²) in [6.07, 6.45) is 0. The second-order valence-electron chi connectivity index (χ2n) is 4.18. The molecule has 3 heteroatoms. The minimum Gasteiger partial charge on any atom is -0.321 e. The van der Waals surface area contributed by atoms with Crippen LogP contribution in [0.2, 0.25) is 0 Å². The van der Waals surface area contributed by atoms with Crippen LogP contribution in [-0.4, -0.2) is 5.91 Å². The number of amides is 1. The topological polar surface area (TPSA) is 29.1 Å². The molecule has 17 heavy (non-hydrogen) atoms. The van der Waals surface area contributed by atoms with Crippen LogP contribution in [0.5, 0.6) is 0 Å². The van der Waals surface area contributed by atoms with Crippen molar-refractivity contribution in [1.29, 1.82) is 0 Å². The Morgan fingerprint density at radius 2 is 1.88 bits per heavy atom. The normalized spacial score (nSPS) is 10.3. The Morgan fingerprint density at radius 3 is 2.47 bits per heavy atom. The molecule has 0 fully saturated rings. The highest BCUT2D eigenvalue weighted by molar-refractivity contribution is 7.14. The fourth-order valence-electron chi connectivity index (χ4n) is 1.69. The highest BCUT2D eigenvalue weighted by Gasteiger charge is 2.09. The van der Waals surface area contributed by atoms with Gasteiger partial charge in [-0.3, -0.25) is 4.79 Å². The highest BCUT2D eigenvalue weighted by atomic mass is 32.1. The van der Waals surface area contributed by atoms with Gasteiger partial charge in [0.2, 0.25) is 0 Å². The molecule has 0 atom stereocenters. The molecule has 1 aromatic carbocycles. The number of carbonyl (C=O) groups excluding carboxylic acids is 1. The van der Waals surface area contributed by atoms with Gasteiger partial charge in [-0.2, -0.15) is 0 Å². The van der Waals surface area contributed by atoms with Crippen molar-refractivity contribution in [3.05, 3.63) is 51.2 Å². The summed E-state index contributed by atoms with van der Waals surface area (Å²) in [4.78, 5) is 13.9. The summed E-state index contributed by atoms with van der Waals surface area (Å²) in [5, 5.41) is 2.94. The van der Waals surface area contributed by atoms with E-state index in [9.17, 15) is 4.79 Å². The standard InChI is InChI=1S/C14H15NOS/c1-9-4-6-12(10(2)8-9)15-14(16)13-7-5-11(3)17-13/h4-8H,1-3H3,(H,15,16). The van der Waals surface area contributed by atoms with Crippen molar-refractivity contribution in [3.8, 4) is 0 Å². The molecule has 1 aromatic heterocycles. The summed E-state index contributed by atoms with van der Waals surface area (Å²) in [7, 11) is 0. The fraction of sp³-hybridized carbons (Fsp3) is 0.214. The van der Waals surface area contributed by atoms with Crippen molar-refractivity contribution >= 4 is 22.9 Å². The van der Waals surface area contributed by atoms with E-state index in [-0.39, 0.29) is 5.91 Å². The number of hydrogen-bond acceptors (Lipinski definition) is 2. The van der Waals surface area contributed by atoms with Crippen LogP contribution in [0.25, 0.3) is 0 Å². The lowest BCUT2D eigenvalue weighted by Gasteiger charge is -2.07. The van der Waals surface area contributed by atoms with Crippen LogP contribution in [0.1, 0.15) is 25.7 Å². The molecule has 0 bridgehead atoms. The van der Waals surface area contributed by atoms with Gasteiger partial charge >= 0.3 is 0 Å². The van der Waals surface area contributed by atoms with Gasteiger partial charge in [-0.05, 0) is 44.5 Å². The zero-order valence-electron chi connectivity index (χ0n) is 10.2. The summed E-state index contributed by atoms with van der Waals surface area (Å²) in [6.45, 7) is 6.04. The summed E-state index contributed by atoms with van der Waals surface area (Å²) in [6, 6.07) is 9.83. The summed E-state index contributed by atoms with van der Waals surface area (Å²) < 4.78 is 0. The minimum absolute atomic E-state index is 0.0324. The lowest BCUT2D eigenvalue weighted by atomic mass is 10.1. The minimum atomic E-state index is -0.0324. The quantitative estimate of drug-likeness (QED) is 0.853. The Bertz CT molecular complexity index is 557. The Labute approximate surface area is 105 Å². The first-order valence-electron chi connectivity index (χ1n) is 5.51. The maximum atomic E-state index is 12.0. The summed E-state index contributed by atoms with van der Waals surface area (Å²) in [5.74, 6) is -0.0324. The van der Waals surface area contributed by atoms with Gasteiger partial charge in [-0.25, -0.2) is 0 Å². The first-order chi connectivity index (χ1) is 8.06. The predicted octanol–water partition coefficient (Wildman–Crippen LogP) is 3.93. The molecule has 0 aliphatic heterocycles. The van der Waals surface area contributed by atoms with Crippen molar-refractivity contribution < 1.29 is 4.79 Å². The van der Waals surface area contributed by atoms with E-state index in [2.05, 4.69) is 11.4 Å². The maximum absolute atomic E-state index is 12.0. The Morgan fingerprint density at radius 1 is 1.12 bits per heavy atom. The van der Waals surface area contributed by atoms with Crippen LogP contribution in [-0.2, 0) is 0 Å². The monoisotopic (exact) mass is 245 g/mol. The first kappa shape index (κ1) is 11.9. The number of carbonyl (C=O) groups is 1. The maximum Gasteiger partial charge on any atom is 0.265 e. The van der Waals surface area contributed by atoms with Gasteiger partial charge in [0.05, 0.1) is 4.88 Å². The molecular formula is C14H15NOS. The third-order valence-corrected chi connectivity index (χ3v) is 3.59. The predicted molar refractivity (Wildman–Crippen MR) is 72.9 cm³/mol. The zero-order chi connectivity index (χ0) is 12.4. The van der Waals surface area contributed by atoms with Crippen LogP contribution >= 0.6 is 11.3 Å². The number of aryl methyl sites for hydroxylation is 3. The highest BCUT2D eigenvalue weighted by Crippen LogP contribution is 2.20. The molecule has 0 radical (unpaired) electrons. The van der Waals surface area contributed by atoms with Gasteiger partial charge < -0.3 is 5.32 Å². The number of thiophene rings is 1. The average Bonchev–Trinajstić information content (AvgIpc) is 2.69. The van der Waals surface area contributed by atoms with E-state index in [1.54, 1.807) is 0 Å². The smallest absolute Gasteiger partial charge is 0.265 e. The second kappa shape index (κ2) is 4.72. The lowest BCUT2D eigenvalue weighted by Crippen LogP contribution is -2.11. The SMILES string of the molecule is Cc1ccc(NC(=O)c2ccc(C)s2)c(C)c1. The van der Waals surface area contributed by atoms with Crippen molar-refractivity contribution in [2.45, 2.75) is 20.8 Å². The van der Waals surface area contributed by atoms with E-state index in [0.29, 0.717) is 0 Å². The number of hydrogen-bond donors (Lipinski definition) is 1. The molecule has 2 aromatic rings. The number of nitrogens with one attached hydrogen (secondary N) is 1. The molecule has 0 unspecified atom stereocenters. The van der Waals surface area contributed by atoms with E-state index in [0.717, 1.165) is 21.0 Å². The van der Waals surface area contributed by atoms with Crippen molar-refractivity contribution in [3.63, 3.8) is 0 Å². The number of anilines is 1. The van der Waals surface area contributed by atoms with E-state index in [4.69, 9.17) is 0 Å². The Hall–Kier alpha value is -1.61. The third-order valence-electron chi connectivity index (χ3n) is 2.59. The van der Waals surface area contributed by atoms with Gasteiger partial charge in [0.25, 0.3) is 5.91 Å². The second-order valence-corrected chi connectivity index (χ2v) is 5.47. The molecule has 2 nitrogen and oxygen atoms in total. The number of rotatable bonds is 2. The van der Waals surface area contributed by atoms with Crippen molar-refractivity contribution in [2.24, 2.45) is 0 Å². The van der Waals surface area contributed by atoms with Crippen LogP contribution in [0, 0.1) is 20.8 Å². The molecule has 88 valence electrons. The van der Waals surface area contributed by atoms with Gasteiger partial charge in [-0.1, -0.05) is 17.7 Å². The molecule has 2 rings (SSSR count). The average molecular weight is 245 g/mol. The molecule has 1 amide bonds. The summed E-state index contributed by atoms with van der Waals surface area (Å²) in [5.41, 5.74) is 3.17. The van der Waals surface area contributed by atoms with Gasteiger partial charge in [0.15, 0.2) is 0 Å². The molecule has 0 saturated heterocycles. The molecule has 1 N–H and O–H groups in total. The molecule has 0 aliphatic rings. The van der Waals surface area contributed by atoms with E-state index >= 15 is 0 Å².